The molecule has 3 aromatic heterocycles. The second-order valence-electron chi connectivity index (χ2n) is 7.26. The molecule has 178 valence electrons. The van der Waals surface area contributed by atoms with Crippen LogP contribution in [0.15, 0.2) is 43.1 Å². The Morgan fingerprint density at radius 1 is 0.912 bits per heavy atom. The van der Waals surface area contributed by atoms with Crippen molar-refractivity contribution >= 4 is 16.7 Å². The quantitative estimate of drug-likeness (QED) is 0.380. The number of anilines is 1. The van der Waals surface area contributed by atoms with E-state index >= 15 is 0 Å². The van der Waals surface area contributed by atoms with Crippen LogP contribution in [-0.4, -0.2) is 36.8 Å². The normalized spacial score (nSPS) is 13.3. The standard InChI is InChI=1S/C20H14F7N7/c1-10(17-31-9-32-34(17)15-4-3-12(21)7-28-15)33(2)18-13-5-11(19(22,23)24)6-14(20(25,26)27)16(13)29-8-30-18/h3-10H,1-2H3. The van der Waals surface area contributed by atoms with E-state index < -0.39 is 46.2 Å². The molecule has 0 saturated heterocycles. The largest absolute Gasteiger partial charge is 0.418 e. The Morgan fingerprint density at radius 2 is 1.65 bits per heavy atom. The van der Waals surface area contributed by atoms with Gasteiger partial charge in [-0.1, -0.05) is 0 Å². The molecule has 4 rings (SSSR count). The van der Waals surface area contributed by atoms with Gasteiger partial charge in [0.1, 0.15) is 24.3 Å². The molecule has 1 atom stereocenters. The molecule has 1 unspecified atom stereocenters. The molecule has 1 aromatic carbocycles. The van der Waals surface area contributed by atoms with Crippen LogP contribution in [0.25, 0.3) is 16.7 Å². The van der Waals surface area contributed by atoms with Crippen LogP contribution in [-0.2, 0) is 12.4 Å². The van der Waals surface area contributed by atoms with Crippen molar-refractivity contribution in [2.24, 2.45) is 0 Å². The van der Waals surface area contributed by atoms with Gasteiger partial charge in [0.05, 0.1) is 28.9 Å². The lowest BCUT2D eigenvalue weighted by Crippen LogP contribution is -2.26. The summed E-state index contributed by atoms with van der Waals surface area (Å²) < 4.78 is 95.4. The molecule has 34 heavy (non-hydrogen) atoms. The molecular formula is C20H14F7N7. The lowest BCUT2D eigenvalue weighted by Gasteiger charge is -2.27. The molecular weight excluding hydrogens is 471 g/mol. The maximum Gasteiger partial charge on any atom is 0.418 e. The Balaban J connectivity index is 1.85. The van der Waals surface area contributed by atoms with Gasteiger partial charge >= 0.3 is 12.4 Å². The molecule has 0 bridgehead atoms. The summed E-state index contributed by atoms with van der Waals surface area (Å²) in [6, 6.07) is 2.34. The summed E-state index contributed by atoms with van der Waals surface area (Å²) in [5, 5.41) is 3.59. The number of alkyl halides is 6. The zero-order valence-electron chi connectivity index (χ0n) is 17.4. The maximum atomic E-state index is 13.6. The van der Waals surface area contributed by atoms with Gasteiger partial charge in [0.2, 0.25) is 0 Å². The fourth-order valence-corrected chi connectivity index (χ4v) is 3.38. The van der Waals surface area contributed by atoms with Crippen LogP contribution in [0.2, 0.25) is 0 Å². The van der Waals surface area contributed by atoms with Gasteiger partial charge in [-0.25, -0.2) is 24.3 Å². The monoisotopic (exact) mass is 485 g/mol. The number of aromatic nitrogens is 6. The van der Waals surface area contributed by atoms with Crippen molar-refractivity contribution in [3.05, 3.63) is 65.9 Å². The molecule has 14 heteroatoms. The first-order chi connectivity index (χ1) is 15.9. The van der Waals surface area contributed by atoms with E-state index in [9.17, 15) is 30.7 Å². The third-order valence-corrected chi connectivity index (χ3v) is 5.14. The number of benzene rings is 1. The predicted molar refractivity (Wildman–Crippen MR) is 105 cm³/mol. The average Bonchev–Trinajstić information content (AvgIpc) is 3.26. The Bertz CT molecular complexity index is 1330. The molecule has 0 fully saturated rings. The Labute approximate surface area is 186 Å². The van der Waals surface area contributed by atoms with E-state index in [2.05, 4.69) is 25.0 Å². The Morgan fingerprint density at radius 3 is 2.26 bits per heavy atom. The van der Waals surface area contributed by atoms with Gasteiger partial charge in [0.25, 0.3) is 0 Å². The van der Waals surface area contributed by atoms with Crippen LogP contribution in [0.3, 0.4) is 0 Å². The number of fused-ring (bicyclic) bond motifs is 1. The van der Waals surface area contributed by atoms with E-state index in [0.717, 1.165) is 18.6 Å². The lowest BCUT2D eigenvalue weighted by molar-refractivity contribution is -0.142. The molecule has 7 nitrogen and oxygen atoms in total. The highest BCUT2D eigenvalue weighted by atomic mass is 19.4. The van der Waals surface area contributed by atoms with Crippen LogP contribution in [0.4, 0.5) is 36.6 Å². The van der Waals surface area contributed by atoms with Crippen molar-refractivity contribution in [3.63, 3.8) is 0 Å². The second-order valence-corrected chi connectivity index (χ2v) is 7.26. The molecule has 4 aromatic rings. The summed E-state index contributed by atoms with van der Waals surface area (Å²) >= 11 is 0. The minimum absolute atomic E-state index is 0.0272. The van der Waals surface area contributed by atoms with Crippen molar-refractivity contribution < 1.29 is 30.7 Å². The molecule has 0 amide bonds. The van der Waals surface area contributed by atoms with Gasteiger partial charge in [-0.05, 0) is 31.2 Å². The lowest BCUT2D eigenvalue weighted by atomic mass is 10.0. The summed E-state index contributed by atoms with van der Waals surface area (Å²) in [6.45, 7) is 1.59. The number of halogens is 7. The van der Waals surface area contributed by atoms with Crippen LogP contribution in [0.5, 0.6) is 0 Å². The molecule has 0 spiro atoms. The highest BCUT2D eigenvalue weighted by Crippen LogP contribution is 2.41. The maximum absolute atomic E-state index is 13.6. The molecule has 0 aliphatic heterocycles. The summed E-state index contributed by atoms with van der Waals surface area (Å²) in [6.07, 6.45) is -7.12. The van der Waals surface area contributed by atoms with Crippen molar-refractivity contribution in [1.29, 1.82) is 0 Å². The van der Waals surface area contributed by atoms with Crippen molar-refractivity contribution in [2.75, 3.05) is 11.9 Å². The predicted octanol–water partition coefficient (Wildman–Crippen LogP) is 4.98. The first-order valence-corrected chi connectivity index (χ1v) is 9.55. The highest BCUT2D eigenvalue weighted by Gasteiger charge is 2.39. The minimum atomic E-state index is -5.08. The molecule has 0 saturated carbocycles. The van der Waals surface area contributed by atoms with Gasteiger partial charge in [-0.3, -0.25) is 0 Å². The number of nitrogens with zero attached hydrogens (tertiary/aromatic N) is 7. The van der Waals surface area contributed by atoms with Crippen LogP contribution >= 0.6 is 0 Å². The fourth-order valence-electron chi connectivity index (χ4n) is 3.38. The number of rotatable bonds is 4. The van der Waals surface area contributed by atoms with E-state index in [0.29, 0.717) is 6.07 Å². The van der Waals surface area contributed by atoms with E-state index in [4.69, 9.17) is 0 Å². The van der Waals surface area contributed by atoms with Crippen molar-refractivity contribution in [1.82, 2.24) is 29.7 Å². The smallest absolute Gasteiger partial charge is 0.349 e. The third-order valence-electron chi connectivity index (χ3n) is 5.14. The van der Waals surface area contributed by atoms with Gasteiger partial charge in [0, 0.05) is 12.4 Å². The van der Waals surface area contributed by atoms with Crippen molar-refractivity contribution in [2.45, 2.75) is 25.3 Å². The molecule has 3 heterocycles. The highest BCUT2D eigenvalue weighted by molar-refractivity contribution is 5.92. The Hall–Kier alpha value is -3.84. The van der Waals surface area contributed by atoms with Crippen LogP contribution < -0.4 is 4.90 Å². The van der Waals surface area contributed by atoms with Crippen molar-refractivity contribution in [3.8, 4) is 5.82 Å². The summed E-state index contributed by atoms with van der Waals surface area (Å²) in [4.78, 5) is 16.9. The molecule has 0 aliphatic carbocycles. The van der Waals surface area contributed by atoms with Crippen LogP contribution in [0.1, 0.15) is 29.9 Å². The third kappa shape index (κ3) is 4.22. The summed E-state index contributed by atoms with van der Waals surface area (Å²) in [5.41, 5.74) is -3.69. The van der Waals surface area contributed by atoms with Gasteiger partial charge in [-0.15, -0.1) is 0 Å². The van der Waals surface area contributed by atoms with E-state index in [-0.39, 0.29) is 23.5 Å². The zero-order chi connectivity index (χ0) is 24.8. The van der Waals surface area contributed by atoms with Gasteiger partial charge < -0.3 is 4.90 Å². The average molecular weight is 485 g/mol. The molecule has 0 N–H and O–H groups in total. The Kier molecular flexibility index (Phi) is 5.61. The summed E-state index contributed by atoms with van der Waals surface area (Å²) in [5.74, 6) is -0.323. The topological polar surface area (TPSA) is 72.6 Å². The number of hydrogen-bond donors (Lipinski definition) is 0. The second kappa shape index (κ2) is 8.18. The SMILES string of the molecule is CC(c1ncnn1-c1ccc(F)cn1)N(C)c1ncnc2c(C(F)(F)F)cc(C(F)(F)F)cc12. The van der Waals surface area contributed by atoms with E-state index in [1.807, 2.05) is 0 Å². The van der Waals surface area contributed by atoms with E-state index in [1.165, 1.54) is 29.0 Å². The van der Waals surface area contributed by atoms with Gasteiger partial charge in [-0.2, -0.15) is 36.1 Å². The van der Waals surface area contributed by atoms with E-state index in [1.54, 1.807) is 6.92 Å². The zero-order valence-corrected chi connectivity index (χ0v) is 17.4. The van der Waals surface area contributed by atoms with Crippen LogP contribution in [0, 0.1) is 5.82 Å². The summed E-state index contributed by atoms with van der Waals surface area (Å²) in [7, 11) is 1.43. The van der Waals surface area contributed by atoms with Gasteiger partial charge in [0.15, 0.2) is 11.6 Å². The number of pyridine rings is 1. The molecule has 0 aliphatic rings. The first-order valence-electron chi connectivity index (χ1n) is 9.55. The minimum Gasteiger partial charge on any atom is -0.349 e. The molecule has 0 radical (unpaired) electrons. The first kappa shape index (κ1) is 23.3. The number of hydrogen-bond acceptors (Lipinski definition) is 6. The fraction of sp³-hybridized carbons (Fsp3) is 0.250.